The van der Waals surface area contributed by atoms with Crippen LogP contribution in [0.2, 0.25) is 0 Å². The largest absolute Gasteiger partial charge is 0.305 e. The average molecular weight is 445 g/mol. The standard InChI is InChI=1S/C31H57N/c1-4-6-8-10-11-12-13-14-15-16-17-18-19-20-21-23-29-32(3)31-27-25-30(26-28-31)24-22-9-7-5-2/h25-28H,4-24,29H2,1-3H3/p+1. The van der Waals surface area contributed by atoms with Gasteiger partial charge in [0.1, 0.15) is 5.69 Å². The first-order valence-electron chi connectivity index (χ1n) is 14.7. The zero-order chi connectivity index (χ0) is 23.1. The van der Waals surface area contributed by atoms with Crippen LogP contribution in [0.5, 0.6) is 0 Å². The van der Waals surface area contributed by atoms with Crippen molar-refractivity contribution in [2.45, 2.75) is 149 Å². The van der Waals surface area contributed by atoms with E-state index in [1.54, 1.807) is 4.90 Å². The van der Waals surface area contributed by atoms with E-state index in [1.165, 1.54) is 153 Å². The molecule has 186 valence electrons. The molecule has 0 radical (unpaired) electrons. The Morgan fingerprint density at radius 2 is 0.844 bits per heavy atom. The topological polar surface area (TPSA) is 4.44 Å². The Labute approximate surface area is 202 Å². The fourth-order valence-electron chi connectivity index (χ4n) is 4.79. The molecule has 1 aromatic carbocycles. The molecule has 0 saturated heterocycles. The molecule has 0 heterocycles. The minimum absolute atomic E-state index is 1.25. The number of hydrogen-bond acceptors (Lipinski definition) is 0. The van der Waals surface area contributed by atoms with E-state index in [9.17, 15) is 0 Å². The predicted molar refractivity (Wildman–Crippen MR) is 145 cm³/mol. The normalized spacial score (nSPS) is 12.3. The summed E-state index contributed by atoms with van der Waals surface area (Å²) in [6, 6.07) is 9.44. The lowest BCUT2D eigenvalue weighted by Gasteiger charge is -2.14. The van der Waals surface area contributed by atoms with Crippen molar-refractivity contribution in [2.75, 3.05) is 13.6 Å². The molecule has 0 aliphatic carbocycles. The molecule has 1 nitrogen and oxygen atoms in total. The van der Waals surface area contributed by atoms with Crippen molar-refractivity contribution in [3.05, 3.63) is 29.8 Å². The van der Waals surface area contributed by atoms with Gasteiger partial charge >= 0.3 is 0 Å². The minimum Gasteiger partial charge on any atom is -0.305 e. The summed E-state index contributed by atoms with van der Waals surface area (Å²) >= 11 is 0. The first-order valence-corrected chi connectivity index (χ1v) is 14.7. The Balaban J connectivity index is 1.89. The van der Waals surface area contributed by atoms with Crippen LogP contribution < -0.4 is 4.90 Å². The maximum atomic E-state index is 2.36. The van der Waals surface area contributed by atoms with Crippen LogP contribution in [0.1, 0.15) is 148 Å². The molecule has 1 N–H and O–H groups in total. The van der Waals surface area contributed by atoms with E-state index in [0.717, 1.165) is 0 Å². The lowest BCUT2D eigenvalue weighted by atomic mass is 10.0. The van der Waals surface area contributed by atoms with Crippen molar-refractivity contribution < 1.29 is 4.90 Å². The third-order valence-electron chi connectivity index (χ3n) is 7.17. The summed E-state index contributed by atoms with van der Waals surface area (Å²) in [5.74, 6) is 0. The molecule has 1 rings (SSSR count). The van der Waals surface area contributed by atoms with Crippen molar-refractivity contribution in [2.24, 2.45) is 0 Å². The highest BCUT2D eigenvalue weighted by atomic mass is 15.1. The third-order valence-corrected chi connectivity index (χ3v) is 7.17. The summed E-state index contributed by atoms with van der Waals surface area (Å²) in [6.45, 7) is 5.86. The maximum absolute atomic E-state index is 2.36. The Hall–Kier alpha value is -0.820. The van der Waals surface area contributed by atoms with Crippen LogP contribution in [-0.2, 0) is 6.42 Å². The molecular weight excluding hydrogens is 386 g/mol. The van der Waals surface area contributed by atoms with Gasteiger partial charge in [-0.25, -0.2) is 0 Å². The lowest BCUT2D eigenvalue weighted by molar-refractivity contribution is -0.810. The van der Waals surface area contributed by atoms with E-state index in [-0.39, 0.29) is 0 Å². The van der Waals surface area contributed by atoms with Gasteiger partial charge in [0.05, 0.1) is 13.6 Å². The molecule has 1 atom stereocenters. The van der Waals surface area contributed by atoms with Gasteiger partial charge < -0.3 is 4.90 Å². The lowest BCUT2D eigenvalue weighted by Crippen LogP contribution is -3.03. The van der Waals surface area contributed by atoms with Gasteiger partial charge in [-0.2, -0.15) is 0 Å². The van der Waals surface area contributed by atoms with E-state index in [1.807, 2.05) is 0 Å². The molecule has 0 amide bonds. The van der Waals surface area contributed by atoms with Crippen molar-refractivity contribution in [3.8, 4) is 0 Å². The minimum atomic E-state index is 1.25. The molecule has 0 aromatic heterocycles. The molecule has 0 aliphatic heterocycles. The fourth-order valence-corrected chi connectivity index (χ4v) is 4.79. The van der Waals surface area contributed by atoms with E-state index in [0.29, 0.717) is 0 Å². The third kappa shape index (κ3) is 16.8. The Morgan fingerprint density at radius 1 is 0.469 bits per heavy atom. The second-order valence-electron chi connectivity index (χ2n) is 10.3. The fraction of sp³-hybridized carbons (Fsp3) is 0.806. The molecular formula is C31H58N+. The van der Waals surface area contributed by atoms with Crippen LogP contribution in [0.25, 0.3) is 0 Å². The van der Waals surface area contributed by atoms with Crippen LogP contribution in [-0.4, -0.2) is 13.6 Å². The van der Waals surface area contributed by atoms with Crippen molar-refractivity contribution in [1.29, 1.82) is 0 Å². The molecule has 32 heavy (non-hydrogen) atoms. The van der Waals surface area contributed by atoms with Crippen LogP contribution in [0.3, 0.4) is 0 Å². The number of unbranched alkanes of at least 4 members (excludes halogenated alkanes) is 18. The van der Waals surface area contributed by atoms with E-state index in [4.69, 9.17) is 0 Å². The predicted octanol–water partition coefficient (Wildman–Crippen LogP) is 9.22. The summed E-state index contributed by atoms with van der Waals surface area (Å²) in [6.07, 6.45) is 29.8. The SMILES string of the molecule is CCCCCCCCCCCCCCCCCC[NH+](C)c1ccc(CCCCCC)cc1. The quantitative estimate of drug-likeness (QED) is 0.160. The van der Waals surface area contributed by atoms with Gasteiger partial charge in [-0.15, -0.1) is 0 Å². The van der Waals surface area contributed by atoms with Gasteiger partial charge in [-0.1, -0.05) is 135 Å². The molecule has 1 aromatic rings. The van der Waals surface area contributed by atoms with Crippen molar-refractivity contribution in [1.82, 2.24) is 0 Å². The molecule has 1 heteroatoms. The van der Waals surface area contributed by atoms with Crippen molar-refractivity contribution >= 4 is 5.69 Å². The first kappa shape index (κ1) is 29.2. The van der Waals surface area contributed by atoms with Crippen LogP contribution in [0, 0.1) is 0 Å². The number of nitrogens with one attached hydrogen (secondary N) is 1. The van der Waals surface area contributed by atoms with Gasteiger partial charge in [-0.05, 0) is 43.4 Å². The number of benzene rings is 1. The molecule has 0 spiro atoms. The highest BCUT2D eigenvalue weighted by Crippen LogP contribution is 2.14. The highest BCUT2D eigenvalue weighted by molar-refractivity contribution is 5.32. The van der Waals surface area contributed by atoms with Crippen LogP contribution >= 0.6 is 0 Å². The molecule has 0 aliphatic rings. The average Bonchev–Trinajstić information content (AvgIpc) is 2.82. The number of quaternary nitrogens is 1. The summed E-state index contributed by atoms with van der Waals surface area (Å²) < 4.78 is 0. The second kappa shape index (κ2) is 22.0. The van der Waals surface area contributed by atoms with Gasteiger partial charge in [0.15, 0.2) is 0 Å². The molecule has 1 unspecified atom stereocenters. The smallest absolute Gasteiger partial charge is 0.130 e. The van der Waals surface area contributed by atoms with E-state index < -0.39 is 0 Å². The summed E-state index contributed by atoms with van der Waals surface area (Å²) in [5, 5.41) is 0. The Bertz CT molecular complexity index is 492. The van der Waals surface area contributed by atoms with Gasteiger partial charge in [0, 0.05) is 0 Å². The van der Waals surface area contributed by atoms with Gasteiger partial charge in [0.25, 0.3) is 0 Å². The van der Waals surface area contributed by atoms with Crippen LogP contribution in [0.15, 0.2) is 24.3 Å². The van der Waals surface area contributed by atoms with E-state index in [2.05, 4.69) is 45.2 Å². The maximum Gasteiger partial charge on any atom is 0.130 e. The second-order valence-corrected chi connectivity index (χ2v) is 10.3. The monoisotopic (exact) mass is 444 g/mol. The summed E-state index contributed by atoms with van der Waals surface area (Å²) in [4.78, 5) is 1.58. The Morgan fingerprint density at radius 3 is 1.28 bits per heavy atom. The number of rotatable bonds is 23. The summed E-state index contributed by atoms with van der Waals surface area (Å²) in [5.41, 5.74) is 2.98. The zero-order valence-corrected chi connectivity index (χ0v) is 22.4. The molecule has 0 saturated carbocycles. The molecule has 0 fully saturated rings. The number of aryl methyl sites for hydroxylation is 1. The Kier molecular flexibility index (Phi) is 20.1. The highest BCUT2D eigenvalue weighted by Gasteiger charge is 2.06. The summed E-state index contributed by atoms with van der Waals surface area (Å²) in [7, 11) is 2.33. The van der Waals surface area contributed by atoms with Crippen molar-refractivity contribution in [3.63, 3.8) is 0 Å². The van der Waals surface area contributed by atoms with Gasteiger partial charge in [-0.3, -0.25) is 0 Å². The zero-order valence-electron chi connectivity index (χ0n) is 22.4. The van der Waals surface area contributed by atoms with E-state index >= 15 is 0 Å². The first-order chi connectivity index (χ1) is 15.8. The molecule has 0 bridgehead atoms. The van der Waals surface area contributed by atoms with Gasteiger partial charge in [0.2, 0.25) is 0 Å². The van der Waals surface area contributed by atoms with Crippen LogP contribution in [0.4, 0.5) is 5.69 Å². The number of hydrogen-bond donors (Lipinski definition) is 1.